The molecule has 0 fully saturated rings. The molecule has 1 atom stereocenters. The lowest BCUT2D eigenvalue weighted by Gasteiger charge is -2.13. The Morgan fingerprint density at radius 2 is 1.94 bits per heavy atom. The monoisotopic (exact) mass is 222 g/mol. The van der Waals surface area contributed by atoms with Gasteiger partial charge < -0.3 is 15.3 Å². The molecule has 0 spiro atoms. The van der Waals surface area contributed by atoms with Crippen LogP contribution in [0.1, 0.15) is 18.1 Å². The summed E-state index contributed by atoms with van der Waals surface area (Å²) < 4.78 is 0. The molecule has 1 aromatic rings. The highest BCUT2D eigenvalue weighted by molar-refractivity contribution is 5.17. The van der Waals surface area contributed by atoms with Crippen molar-refractivity contribution in [1.29, 1.82) is 0 Å². The molecule has 0 heterocycles. The highest BCUT2D eigenvalue weighted by atomic mass is 16.3. The molecule has 2 N–H and O–H groups in total. The lowest BCUT2D eigenvalue weighted by molar-refractivity contribution is 0.174. The van der Waals surface area contributed by atoms with E-state index in [1.165, 1.54) is 0 Å². The summed E-state index contributed by atoms with van der Waals surface area (Å²) in [6.07, 6.45) is 0.703. The van der Waals surface area contributed by atoms with Gasteiger partial charge in [0, 0.05) is 6.54 Å². The van der Waals surface area contributed by atoms with Crippen LogP contribution in [0.3, 0.4) is 0 Å². The summed E-state index contributed by atoms with van der Waals surface area (Å²) in [7, 11) is 4.14. The Kier molecular flexibility index (Phi) is 6.08. The summed E-state index contributed by atoms with van der Waals surface area (Å²) >= 11 is 0. The molecular formula is C13H22N2O. The molecule has 16 heavy (non-hydrogen) atoms. The molecule has 0 aliphatic carbocycles. The van der Waals surface area contributed by atoms with Gasteiger partial charge in [0.15, 0.2) is 0 Å². The van der Waals surface area contributed by atoms with E-state index in [-0.39, 0.29) is 0 Å². The molecule has 0 aliphatic heterocycles. The summed E-state index contributed by atoms with van der Waals surface area (Å²) in [5, 5.41) is 13.1. The molecule has 0 aliphatic rings. The molecule has 90 valence electrons. The van der Waals surface area contributed by atoms with Crippen LogP contribution in [-0.4, -0.2) is 43.7 Å². The van der Waals surface area contributed by atoms with E-state index < -0.39 is 6.10 Å². The number of hydrogen-bond donors (Lipinski definition) is 2. The van der Waals surface area contributed by atoms with E-state index in [1.807, 2.05) is 30.3 Å². The summed E-state index contributed by atoms with van der Waals surface area (Å²) in [6, 6.07) is 9.76. The van der Waals surface area contributed by atoms with Gasteiger partial charge in [-0.2, -0.15) is 0 Å². The van der Waals surface area contributed by atoms with Crippen molar-refractivity contribution in [2.45, 2.75) is 12.5 Å². The molecule has 0 radical (unpaired) electrons. The number of nitrogens with one attached hydrogen (secondary N) is 1. The van der Waals surface area contributed by atoms with E-state index in [0.29, 0.717) is 6.54 Å². The van der Waals surface area contributed by atoms with Gasteiger partial charge in [-0.15, -0.1) is 0 Å². The second kappa shape index (κ2) is 7.39. The smallest absolute Gasteiger partial charge is 0.0914 e. The predicted molar refractivity (Wildman–Crippen MR) is 67.4 cm³/mol. The maximum atomic E-state index is 9.86. The van der Waals surface area contributed by atoms with Crippen LogP contribution in [0.5, 0.6) is 0 Å². The molecule has 1 rings (SSSR count). The van der Waals surface area contributed by atoms with Gasteiger partial charge in [0.25, 0.3) is 0 Å². The van der Waals surface area contributed by atoms with E-state index in [2.05, 4.69) is 24.3 Å². The Labute approximate surface area is 98.1 Å². The maximum absolute atomic E-state index is 9.86. The third-order valence-electron chi connectivity index (χ3n) is 2.48. The Morgan fingerprint density at radius 1 is 1.25 bits per heavy atom. The first-order valence-electron chi connectivity index (χ1n) is 5.78. The Bertz CT molecular complexity index is 275. The van der Waals surface area contributed by atoms with Crippen molar-refractivity contribution in [3.63, 3.8) is 0 Å². The Hall–Kier alpha value is -0.900. The minimum absolute atomic E-state index is 0.402. The van der Waals surface area contributed by atoms with Crippen LogP contribution in [0.25, 0.3) is 0 Å². The van der Waals surface area contributed by atoms with Crippen molar-refractivity contribution in [3.8, 4) is 0 Å². The molecule has 1 aromatic carbocycles. The second-order valence-electron chi connectivity index (χ2n) is 4.29. The number of benzene rings is 1. The fourth-order valence-electron chi connectivity index (χ4n) is 1.55. The number of hydrogen-bond acceptors (Lipinski definition) is 3. The first-order chi connectivity index (χ1) is 7.70. The highest BCUT2D eigenvalue weighted by Gasteiger charge is 2.05. The molecule has 3 nitrogen and oxygen atoms in total. The van der Waals surface area contributed by atoms with E-state index >= 15 is 0 Å². The molecule has 0 amide bonds. The highest BCUT2D eigenvalue weighted by Crippen LogP contribution is 2.10. The minimum atomic E-state index is -0.402. The number of aliphatic hydroxyl groups excluding tert-OH is 1. The van der Waals surface area contributed by atoms with Gasteiger partial charge in [0.1, 0.15) is 0 Å². The van der Waals surface area contributed by atoms with Crippen molar-refractivity contribution in [1.82, 2.24) is 10.2 Å². The first-order valence-corrected chi connectivity index (χ1v) is 5.78. The van der Waals surface area contributed by atoms with Crippen LogP contribution in [0.2, 0.25) is 0 Å². The van der Waals surface area contributed by atoms with Gasteiger partial charge in [-0.05, 0) is 39.2 Å². The normalized spacial score (nSPS) is 13.0. The van der Waals surface area contributed by atoms with Crippen molar-refractivity contribution >= 4 is 0 Å². The SMILES string of the molecule is CN(C)CCCNC[C@@H](O)c1ccccc1. The topological polar surface area (TPSA) is 35.5 Å². The fourth-order valence-corrected chi connectivity index (χ4v) is 1.55. The zero-order chi connectivity index (χ0) is 11.8. The third kappa shape index (κ3) is 5.26. The average molecular weight is 222 g/mol. The Morgan fingerprint density at radius 3 is 2.56 bits per heavy atom. The summed E-state index contributed by atoms with van der Waals surface area (Å²) in [5.41, 5.74) is 0.975. The van der Waals surface area contributed by atoms with Gasteiger partial charge in [0.05, 0.1) is 6.10 Å². The molecule has 0 saturated carbocycles. The first kappa shape index (κ1) is 13.2. The maximum Gasteiger partial charge on any atom is 0.0914 e. The largest absolute Gasteiger partial charge is 0.387 e. The van der Waals surface area contributed by atoms with E-state index in [1.54, 1.807) is 0 Å². The zero-order valence-corrected chi connectivity index (χ0v) is 10.2. The molecule has 0 bridgehead atoms. The zero-order valence-electron chi connectivity index (χ0n) is 10.2. The van der Waals surface area contributed by atoms with Crippen molar-refractivity contribution in [3.05, 3.63) is 35.9 Å². The van der Waals surface area contributed by atoms with Gasteiger partial charge in [-0.25, -0.2) is 0 Å². The van der Waals surface area contributed by atoms with Crippen LogP contribution in [0.15, 0.2) is 30.3 Å². The number of nitrogens with zero attached hydrogens (tertiary/aromatic N) is 1. The third-order valence-corrected chi connectivity index (χ3v) is 2.48. The molecule has 0 saturated heterocycles. The van der Waals surface area contributed by atoms with Crippen LogP contribution < -0.4 is 5.32 Å². The van der Waals surface area contributed by atoms with Crippen molar-refractivity contribution < 1.29 is 5.11 Å². The standard InChI is InChI=1S/C13H22N2O/c1-15(2)10-6-9-14-11-13(16)12-7-4-3-5-8-12/h3-5,7-8,13-14,16H,6,9-11H2,1-2H3/t13-/m1/s1. The molecule has 0 unspecified atom stereocenters. The quantitative estimate of drug-likeness (QED) is 0.682. The van der Waals surface area contributed by atoms with Crippen LogP contribution >= 0.6 is 0 Å². The Balaban J connectivity index is 2.14. The van der Waals surface area contributed by atoms with Crippen molar-refractivity contribution in [2.24, 2.45) is 0 Å². The van der Waals surface area contributed by atoms with Gasteiger partial charge in [-0.1, -0.05) is 30.3 Å². The van der Waals surface area contributed by atoms with Gasteiger partial charge in [-0.3, -0.25) is 0 Å². The molecular weight excluding hydrogens is 200 g/mol. The van der Waals surface area contributed by atoms with Crippen LogP contribution in [0, 0.1) is 0 Å². The van der Waals surface area contributed by atoms with E-state index in [0.717, 1.165) is 25.1 Å². The fraction of sp³-hybridized carbons (Fsp3) is 0.538. The summed E-state index contributed by atoms with van der Waals surface area (Å²) in [6.45, 7) is 2.65. The second-order valence-corrected chi connectivity index (χ2v) is 4.29. The number of aliphatic hydroxyl groups is 1. The molecule has 3 heteroatoms. The van der Waals surface area contributed by atoms with Crippen LogP contribution in [-0.2, 0) is 0 Å². The lowest BCUT2D eigenvalue weighted by atomic mass is 10.1. The predicted octanol–water partition coefficient (Wildman–Crippen LogP) is 1.26. The van der Waals surface area contributed by atoms with Gasteiger partial charge in [0.2, 0.25) is 0 Å². The minimum Gasteiger partial charge on any atom is -0.387 e. The van der Waals surface area contributed by atoms with Gasteiger partial charge >= 0.3 is 0 Å². The van der Waals surface area contributed by atoms with E-state index in [9.17, 15) is 5.11 Å². The summed E-state index contributed by atoms with van der Waals surface area (Å²) in [5.74, 6) is 0. The molecule has 0 aromatic heterocycles. The van der Waals surface area contributed by atoms with Crippen molar-refractivity contribution in [2.75, 3.05) is 33.7 Å². The lowest BCUT2D eigenvalue weighted by Crippen LogP contribution is -2.25. The number of rotatable bonds is 7. The van der Waals surface area contributed by atoms with E-state index in [4.69, 9.17) is 0 Å². The van der Waals surface area contributed by atoms with Crippen LogP contribution in [0.4, 0.5) is 0 Å². The average Bonchev–Trinajstić information content (AvgIpc) is 2.29. The summed E-state index contributed by atoms with van der Waals surface area (Å²) in [4.78, 5) is 2.16.